The van der Waals surface area contributed by atoms with Gasteiger partial charge < -0.3 is 5.32 Å². The molecule has 0 aliphatic rings. The van der Waals surface area contributed by atoms with Crippen molar-refractivity contribution in [3.8, 4) is 0 Å². The van der Waals surface area contributed by atoms with Gasteiger partial charge in [-0.1, -0.05) is 17.7 Å². The standard InChI is InChI=1S/C15H17N3O4S/c1-11-4-7-13(8-5-11)23(21,22)17(3)12-6-9-14(16-2)15(10-12)18(19)20/h4-10,16H,1-3H3. The van der Waals surface area contributed by atoms with Crippen LogP contribution in [0.4, 0.5) is 17.1 Å². The topological polar surface area (TPSA) is 92.6 Å². The lowest BCUT2D eigenvalue weighted by molar-refractivity contribution is -0.383. The number of anilines is 2. The van der Waals surface area contributed by atoms with E-state index in [9.17, 15) is 18.5 Å². The number of sulfonamides is 1. The van der Waals surface area contributed by atoms with Gasteiger partial charge in [-0.15, -0.1) is 0 Å². The van der Waals surface area contributed by atoms with Gasteiger partial charge in [-0.05, 0) is 31.2 Å². The molecule has 0 saturated carbocycles. The molecule has 2 aromatic carbocycles. The van der Waals surface area contributed by atoms with E-state index < -0.39 is 14.9 Å². The SMILES string of the molecule is CNc1ccc(N(C)S(=O)(=O)c2ccc(C)cc2)cc1[N+](=O)[O-]. The smallest absolute Gasteiger partial charge is 0.294 e. The van der Waals surface area contributed by atoms with Gasteiger partial charge in [0.05, 0.1) is 15.5 Å². The number of nitro benzene ring substituents is 1. The fourth-order valence-electron chi connectivity index (χ4n) is 2.09. The molecule has 0 aliphatic heterocycles. The summed E-state index contributed by atoms with van der Waals surface area (Å²) in [4.78, 5) is 10.7. The number of rotatable bonds is 5. The van der Waals surface area contributed by atoms with Crippen LogP contribution in [0.1, 0.15) is 5.56 Å². The van der Waals surface area contributed by atoms with E-state index in [-0.39, 0.29) is 16.3 Å². The Kier molecular flexibility index (Phi) is 4.55. The summed E-state index contributed by atoms with van der Waals surface area (Å²) in [5.41, 5.74) is 1.30. The largest absolute Gasteiger partial charge is 0.383 e. The monoisotopic (exact) mass is 335 g/mol. The fraction of sp³-hybridized carbons (Fsp3) is 0.200. The molecule has 0 aliphatic carbocycles. The second-order valence-electron chi connectivity index (χ2n) is 4.99. The lowest BCUT2D eigenvalue weighted by atomic mass is 10.2. The van der Waals surface area contributed by atoms with Gasteiger partial charge in [0.15, 0.2) is 0 Å². The summed E-state index contributed by atoms with van der Waals surface area (Å²) >= 11 is 0. The molecule has 7 nitrogen and oxygen atoms in total. The lowest BCUT2D eigenvalue weighted by Gasteiger charge is -2.20. The first-order chi connectivity index (χ1) is 10.8. The molecule has 23 heavy (non-hydrogen) atoms. The number of nitrogens with zero attached hydrogens (tertiary/aromatic N) is 2. The Balaban J connectivity index is 2.47. The van der Waals surface area contributed by atoms with Crippen LogP contribution in [0.5, 0.6) is 0 Å². The maximum atomic E-state index is 12.6. The molecule has 8 heteroatoms. The summed E-state index contributed by atoms with van der Waals surface area (Å²) in [5, 5.41) is 13.8. The molecule has 2 rings (SSSR count). The molecule has 0 bridgehead atoms. The van der Waals surface area contributed by atoms with E-state index in [1.807, 2.05) is 6.92 Å². The predicted octanol–water partition coefficient (Wildman–Crippen LogP) is 2.77. The van der Waals surface area contributed by atoms with Crippen molar-refractivity contribution >= 4 is 27.1 Å². The number of aryl methyl sites for hydroxylation is 1. The third-order valence-corrected chi connectivity index (χ3v) is 5.29. The minimum Gasteiger partial charge on any atom is -0.383 e. The van der Waals surface area contributed by atoms with Gasteiger partial charge in [0, 0.05) is 20.2 Å². The highest BCUT2D eigenvalue weighted by molar-refractivity contribution is 7.92. The number of nitro groups is 1. The highest BCUT2D eigenvalue weighted by Gasteiger charge is 2.23. The second kappa shape index (κ2) is 6.25. The third kappa shape index (κ3) is 3.26. The Labute approximate surface area is 134 Å². The lowest BCUT2D eigenvalue weighted by Crippen LogP contribution is -2.26. The van der Waals surface area contributed by atoms with E-state index in [1.165, 1.54) is 37.4 Å². The Bertz CT molecular complexity index is 832. The summed E-state index contributed by atoms with van der Waals surface area (Å²) in [7, 11) is -0.848. The molecular formula is C15H17N3O4S. The van der Waals surface area contributed by atoms with E-state index in [4.69, 9.17) is 0 Å². The normalized spacial score (nSPS) is 11.1. The van der Waals surface area contributed by atoms with Crippen LogP contribution in [0.3, 0.4) is 0 Å². The Morgan fingerprint density at radius 2 is 1.74 bits per heavy atom. The zero-order valence-corrected chi connectivity index (χ0v) is 13.8. The molecule has 0 unspecified atom stereocenters. The van der Waals surface area contributed by atoms with Crippen molar-refractivity contribution in [1.29, 1.82) is 0 Å². The first-order valence-corrected chi connectivity index (χ1v) is 8.23. The van der Waals surface area contributed by atoms with Gasteiger partial charge in [-0.2, -0.15) is 0 Å². The van der Waals surface area contributed by atoms with Gasteiger partial charge in [0.2, 0.25) is 0 Å². The van der Waals surface area contributed by atoms with Crippen LogP contribution < -0.4 is 9.62 Å². The Morgan fingerprint density at radius 1 is 1.13 bits per heavy atom. The first-order valence-electron chi connectivity index (χ1n) is 6.79. The van der Waals surface area contributed by atoms with Gasteiger partial charge >= 0.3 is 0 Å². The van der Waals surface area contributed by atoms with E-state index in [2.05, 4.69) is 5.32 Å². The minimum absolute atomic E-state index is 0.131. The summed E-state index contributed by atoms with van der Waals surface area (Å²) in [6, 6.07) is 10.7. The van der Waals surface area contributed by atoms with E-state index in [0.717, 1.165) is 9.87 Å². The highest BCUT2D eigenvalue weighted by Crippen LogP contribution is 2.31. The predicted molar refractivity (Wildman–Crippen MR) is 89.4 cm³/mol. The summed E-state index contributed by atoms with van der Waals surface area (Å²) < 4.78 is 26.3. The maximum absolute atomic E-state index is 12.6. The molecule has 2 aromatic rings. The van der Waals surface area contributed by atoms with Crippen molar-refractivity contribution in [3.63, 3.8) is 0 Å². The summed E-state index contributed by atoms with van der Waals surface area (Å²) in [6.07, 6.45) is 0. The zero-order valence-electron chi connectivity index (χ0n) is 13.0. The Hall–Kier alpha value is -2.61. The van der Waals surface area contributed by atoms with Crippen LogP contribution in [0.25, 0.3) is 0 Å². The van der Waals surface area contributed by atoms with E-state index in [1.54, 1.807) is 19.2 Å². The van der Waals surface area contributed by atoms with Crippen LogP contribution >= 0.6 is 0 Å². The van der Waals surface area contributed by atoms with Crippen LogP contribution in [-0.4, -0.2) is 27.4 Å². The average Bonchev–Trinajstić information content (AvgIpc) is 2.53. The average molecular weight is 335 g/mol. The molecular weight excluding hydrogens is 318 g/mol. The van der Waals surface area contributed by atoms with E-state index >= 15 is 0 Å². The van der Waals surface area contributed by atoms with Gasteiger partial charge in [-0.25, -0.2) is 8.42 Å². The number of hydrogen-bond donors (Lipinski definition) is 1. The van der Waals surface area contributed by atoms with Crippen molar-refractivity contribution in [1.82, 2.24) is 0 Å². The molecule has 0 spiro atoms. The summed E-state index contributed by atoms with van der Waals surface area (Å²) in [5.74, 6) is 0. The quantitative estimate of drug-likeness (QED) is 0.670. The molecule has 0 aromatic heterocycles. The van der Waals surface area contributed by atoms with E-state index in [0.29, 0.717) is 5.69 Å². The van der Waals surface area contributed by atoms with Crippen LogP contribution in [0.15, 0.2) is 47.4 Å². The molecule has 0 fully saturated rings. The van der Waals surface area contributed by atoms with Crippen LogP contribution in [-0.2, 0) is 10.0 Å². The first kappa shape index (κ1) is 16.8. The summed E-state index contributed by atoms with van der Waals surface area (Å²) in [6.45, 7) is 1.86. The van der Waals surface area contributed by atoms with Crippen LogP contribution in [0.2, 0.25) is 0 Å². The zero-order chi connectivity index (χ0) is 17.2. The number of nitrogens with one attached hydrogen (secondary N) is 1. The molecule has 0 atom stereocenters. The van der Waals surface area contributed by atoms with Crippen molar-refractivity contribution in [3.05, 3.63) is 58.1 Å². The highest BCUT2D eigenvalue weighted by atomic mass is 32.2. The minimum atomic E-state index is -3.78. The molecule has 1 N–H and O–H groups in total. The van der Waals surface area contributed by atoms with Gasteiger partial charge in [0.1, 0.15) is 5.69 Å². The molecule has 0 heterocycles. The Morgan fingerprint density at radius 3 is 2.26 bits per heavy atom. The molecule has 122 valence electrons. The van der Waals surface area contributed by atoms with Gasteiger partial charge in [0.25, 0.3) is 15.7 Å². The van der Waals surface area contributed by atoms with Crippen molar-refractivity contribution in [2.75, 3.05) is 23.7 Å². The van der Waals surface area contributed by atoms with Crippen LogP contribution in [0, 0.1) is 17.0 Å². The number of benzene rings is 2. The maximum Gasteiger partial charge on any atom is 0.294 e. The van der Waals surface area contributed by atoms with Crippen molar-refractivity contribution < 1.29 is 13.3 Å². The number of hydrogen-bond acceptors (Lipinski definition) is 5. The molecule has 0 radical (unpaired) electrons. The fourth-order valence-corrected chi connectivity index (χ4v) is 3.27. The van der Waals surface area contributed by atoms with Crippen molar-refractivity contribution in [2.24, 2.45) is 0 Å². The van der Waals surface area contributed by atoms with Crippen molar-refractivity contribution in [2.45, 2.75) is 11.8 Å². The van der Waals surface area contributed by atoms with Gasteiger partial charge in [-0.3, -0.25) is 14.4 Å². The molecule has 0 amide bonds. The second-order valence-corrected chi connectivity index (χ2v) is 6.96. The molecule has 0 saturated heterocycles. The third-order valence-electron chi connectivity index (χ3n) is 3.49.